The number of piperidine rings is 1. The van der Waals surface area contributed by atoms with Crippen molar-refractivity contribution in [3.8, 4) is 11.8 Å². The Kier molecular flexibility index (Phi) is 5.33. The normalized spacial score (nSPS) is 19.7. The van der Waals surface area contributed by atoms with Crippen LogP contribution < -0.4 is 11.1 Å². The summed E-state index contributed by atoms with van der Waals surface area (Å²) in [6, 6.07) is 6.77. The van der Waals surface area contributed by atoms with Gasteiger partial charge in [-0.1, -0.05) is 0 Å². The van der Waals surface area contributed by atoms with Crippen LogP contribution in [0, 0.1) is 18.3 Å². The number of nitrogens with two attached hydrogens (primary N) is 1. The number of phenolic OH excluding ortho intramolecular Hbond substituents is 1. The number of aryl methyl sites for hydroxylation is 1. The number of aromatic hydroxyl groups is 1. The van der Waals surface area contributed by atoms with E-state index in [0.29, 0.717) is 5.69 Å². The number of amides is 1. The number of phenols is 1. The Balaban J connectivity index is 2.31. The second kappa shape index (κ2) is 7.00. The van der Waals surface area contributed by atoms with Gasteiger partial charge in [0.2, 0.25) is 0 Å². The van der Waals surface area contributed by atoms with E-state index in [-0.39, 0.29) is 28.4 Å². The number of rotatable bonds is 3. The fourth-order valence-electron chi connectivity index (χ4n) is 3.97. The number of hydrogen-bond acceptors (Lipinski definition) is 5. The van der Waals surface area contributed by atoms with Crippen molar-refractivity contribution in [2.24, 2.45) is 5.73 Å². The van der Waals surface area contributed by atoms with E-state index in [4.69, 9.17) is 5.73 Å². The molecule has 0 unspecified atom stereocenters. The highest BCUT2D eigenvalue weighted by molar-refractivity contribution is 6.06. The number of carbonyl (C=O) groups excluding carboxylic acids is 1. The van der Waals surface area contributed by atoms with Gasteiger partial charge >= 0.3 is 0 Å². The molecule has 0 saturated carbocycles. The van der Waals surface area contributed by atoms with Gasteiger partial charge in [0.05, 0.1) is 0 Å². The predicted molar refractivity (Wildman–Crippen MR) is 102 cm³/mol. The molecular weight excluding hydrogens is 328 g/mol. The zero-order valence-corrected chi connectivity index (χ0v) is 16.1. The highest BCUT2D eigenvalue weighted by Crippen LogP contribution is 2.38. The summed E-state index contributed by atoms with van der Waals surface area (Å²) in [6.45, 7) is 10.1. The summed E-state index contributed by atoms with van der Waals surface area (Å²) in [5, 5.41) is 21.8. The molecule has 1 saturated heterocycles. The minimum atomic E-state index is -0.470. The van der Waals surface area contributed by atoms with Crippen molar-refractivity contribution in [3.05, 3.63) is 35.5 Å². The number of benzene rings is 1. The molecule has 1 fully saturated rings. The molecule has 1 heterocycles. The Morgan fingerprint density at radius 1 is 1.35 bits per heavy atom. The van der Waals surface area contributed by atoms with Crippen LogP contribution in [0.25, 0.3) is 0 Å². The highest BCUT2D eigenvalue weighted by Gasteiger charge is 2.43. The van der Waals surface area contributed by atoms with Crippen LogP contribution in [0.15, 0.2) is 30.0 Å². The molecule has 0 aromatic heterocycles. The minimum absolute atomic E-state index is 0.0362. The van der Waals surface area contributed by atoms with Gasteiger partial charge in [0, 0.05) is 29.0 Å². The van der Waals surface area contributed by atoms with Crippen molar-refractivity contribution in [1.82, 2.24) is 4.90 Å². The van der Waals surface area contributed by atoms with Crippen LogP contribution >= 0.6 is 0 Å². The van der Waals surface area contributed by atoms with Gasteiger partial charge in [-0.2, -0.15) is 5.26 Å². The fourth-order valence-corrected chi connectivity index (χ4v) is 3.97. The molecule has 0 bridgehead atoms. The van der Waals surface area contributed by atoms with Gasteiger partial charge in [-0.3, -0.25) is 4.79 Å². The molecule has 1 amide bonds. The molecule has 2 rings (SSSR count). The van der Waals surface area contributed by atoms with Gasteiger partial charge in [-0.25, -0.2) is 0 Å². The van der Waals surface area contributed by atoms with Crippen LogP contribution in [0.5, 0.6) is 5.75 Å². The summed E-state index contributed by atoms with van der Waals surface area (Å²) in [5.41, 5.74) is 6.98. The first-order chi connectivity index (χ1) is 12.0. The zero-order valence-electron chi connectivity index (χ0n) is 16.1. The Bertz CT molecular complexity index is 757. The average molecular weight is 356 g/mol. The van der Waals surface area contributed by atoms with E-state index < -0.39 is 5.91 Å². The molecule has 0 aliphatic carbocycles. The van der Waals surface area contributed by atoms with Crippen LogP contribution in [0.4, 0.5) is 5.69 Å². The third-order valence-corrected chi connectivity index (χ3v) is 4.91. The van der Waals surface area contributed by atoms with E-state index in [2.05, 4.69) is 37.9 Å². The lowest BCUT2D eigenvalue weighted by atomic mass is 9.77. The number of hydrogen-bond donors (Lipinski definition) is 3. The van der Waals surface area contributed by atoms with Crippen LogP contribution in [-0.4, -0.2) is 33.0 Å². The summed E-state index contributed by atoms with van der Waals surface area (Å²) in [5.74, 6) is -0.340. The van der Waals surface area contributed by atoms with Crippen LogP contribution in [0.1, 0.15) is 46.1 Å². The molecule has 1 aliphatic heterocycles. The SMILES string of the molecule is Cc1cc(O)ccc1NC(=O)/C(C#N)=C\N1C(C)(C)CC(N)CC1(C)C. The Morgan fingerprint density at radius 2 is 1.92 bits per heavy atom. The second-order valence-corrected chi connectivity index (χ2v) is 8.27. The molecule has 6 heteroatoms. The van der Waals surface area contributed by atoms with Crippen molar-refractivity contribution in [3.63, 3.8) is 0 Å². The van der Waals surface area contributed by atoms with Gasteiger partial charge < -0.3 is 21.1 Å². The standard InChI is InChI=1S/C20H28N4O2/c1-13-8-16(25)6-7-17(13)23-18(26)14(11-21)12-24-19(2,3)9-15(22)10-20(24,4)5/h6-8,12,15,25H,9-10,22H2,1-5H3,(H,23,26)/b14-12-. The lowest BCUT2D eigenvalue weighted by Gasteiger charge is -2.54. The van der Waals surface area contributed by atoms with Crippen molar-refractivity contribution < 1.29 is 9.90 Å². The Morgan fingerprint density at radius 3 is 2.42 bits per heavy atom. The largest absolute Gasteiger partial charge is 0.508 e. The van der Waals surface area contributed by atoms with E-state index in [1.807, 2.05) is 6.07 Å². The molecular formula is C20H28N4O2. The third kappa shape index (κ3) is 4.17. The summed E-state index contributed by atoms with van der Waals surface area (Å²) >= 11 is 0. The number of likely N-dealkylation sites (tertiary alicyclic amines) is 1. The topological polar surface area (TPSA) is 102 Å². The Hall–Kier alpha value is -2.52. The smallest absolute Gasteiger partial charge is 0.267 e. The first-order valence-corrected chi connectivity index (χ1v) is 8.74. The monoisotopic (exact) mass is 356 g/mol. The summed E-state index contributed by atoms with van der Waals surface area (Å²) in [6.07, 6.45) is 3.21. The molecule has 0 spiro atoms. The van der Waals surface area contributed by atoms with E-state index in [1.165, 1.54) is 6.07 Å². The van der Waals surface area contributed by atoms with Gasteiger partial charge in [-0.05, 0) is 71.2 Å². The minimum Gasteiger partial charge on any atom is -0.508 e. The molecule has 1 aliphatic rings. The van der Waals surface area contributed by atoms with E-state index in [1.54, 1.807) is 25.3 Å². The lowest BCUT2D eigenvalue weighted by molar-refractivity contribution is -0.112. The molecule has 140 valence electrons. The predicted octanol–water partition coefficient (Wildman–Crippen LogP) is 3.03. The molecule has 26 heavy (non-hydrogen) atoms. The van der Waals surface area contributed by atoms with Gasteiger partial charge in [0.25, 0.3) is 5.91 Å². The first kappa shape index (κ1) is 19.8. The van der Waals surface area contributed by atoms with Gasteiger partial charge in [0.1, 0.15) is 17.4 Å². The number of nitrogens with zero attached hydrogens (tertiary/aromatic N) is 2. The van der Waals surface area contributed by atoms with Crippen LogP contribution in [0.3, 0.4) is 0 Å². The maximum absolute atomic E-state index is 12.6. The molecule has 4 N–H and O–H groups in total. The van der Waals surface area contributed by atoms with E-state index >= 15 is 0 Å². The number of nitrogens with one attached hydrogen (secondary N) is 1. The maximum Gasteiger partial charge on any atom is 0.267 e. The van der Waals surface area contributed by atoms with Gasteiger partial charge in [0.15, 0.2) is 0 Å². The maximum atomic E-state index is 12.6. The summed E-state index contributed by atoms with van der Waals surface area (Å²) in [7, 11) is 0. The molecule has 1 aromatic rings. The molecule has 0 radical (unpaired) electrons. The van der Waals surface area contributed by atoms with E-state index in [9.17, 15) is 15.2 Å². The highest BCUT2D eigenvalue weighted by atomic mass is 16.3. The van der Waals surface area contributed by atoms with Crippen molar-refractivity contribution in [2.75, 3.05) is 5.32 Å². The first-order valence-electron chi connectivity index (χ1n) is 8.74. The summed E-state index contributed by atoms with van der Waals surface area (Å²) < 4.78 is 0. The average Bonchev–Trinajstić information content (AvgIpc) is 2.47. The number of nitriles is 1. The summed E-state index contributed by atoms with van der Waals surface area (Å²) in [4.78, 5) is 14.7. The van der Waals surface area contributed by atoms with Crippen LogP contribution in [-0.2, 0) is 4.79 Å². The molecule has 1 aromatic carbocycles. The second-order valence-electron chi connectivity index (χ2n) is 8.27. The molecule has 0 atom stereocenters. The fraction of sp³-hybridized carbons (Fsp3) is 0.500. The van der Waals surface area contributed by atoms with Crippen LogP contribution in [0.2, 0.25) is 0 Å². The Labute approximate surface area is 155 Å². The van der Waals surface area contributed by atoms with Gasteiger partial charge in [-0.15, -0.1) is 0 Å². The zero-order chi connectivity index (χ0) is 19.7. The quantitative estimate of drug-likeness (QED) is 0.439. The van der Waals surface area contributed by atoms with Crippen molar-refractivity contribution >= 4 is 11.6 Å². The number of carbonyl (C=O) groups is 1. The lowest BCUT2D eigenvalue weighted by Crippen LogP contribution is -2.61. The van der Waals surface area contributed by atoms with E-state index in [0.717, 1.165) is 18.4 Å². The van der Waals surface area contributed by atoms with Crippen molar-refractivity contribution in [1.29, 1.82) is 5.26 Å². The number of anilines is 1. The molecule has 6 nitrogen and oxygen atoms in total. The van der Waals surface area contributed by atoms with Crippen molar-refractivity contribution in [2.45, 2.75) is 64.6 Å². The third-order valence-electron chi connectivity index (χ3n) is 4.91.